The molecule has 0 unspecified atom stereocenters. The van der Waals surface area contributed by atoms with Crippen LogP contribution in [-0.2, 0) is 16.1 Å². The van der Waals surface area contributed by atoms with Crippen molar-refractivity contribution in [2.45, 2.75) is 6.54 Å². The largest absolute Gasteiger partial charge is 0.497 e. The number of methoxy groups -OCH3 is 2. The van der Waals surface area contributed by atoms with Gasteiger partial charge >= 0.3 is 5.97 Å². The Labute approximate surface area is 178 Å². The van der Waals surface area contributed by atoms with Crippen LogP contribution in [0, 0.1) is 0 Å². The van der Waals surface area contributed by atoms with Gasteiger partial charge in [0.25, 0.3) is 5.91 Å². The van der Waals surface area contributed by atoms with Crippen molar-refractivity contribution >= 4 is 29.3 Å². The van der Waals surface area contributed by atoms with Crippen molar-refractivity contribution in [3.63, 3.8) is 0 Å². The predicted octanol–water partition coefficient (Wildman–Crippen LogP) is 3.40. The first kappa shape index (κ1) is 21.2. The highest BCUT2D eigenvalue weighted by molar-refractivity contribution is 6.31. The highest BCUT2D eigenvalue weighted by Crippen LogP contribution is 2.23. The maximum Gasteiger partial charge on any atom is 0.338 e. The Morgan fingerprint density at radius 3 is 2.43 bits per heavy atom. The van der Waals surface area contributed by atoms with Gasteiger partial charge in [-0.25, -0.2) is 9.48 Å². The summed E-state index contributed by atoms with van der Waals surface area (Å²) in [7, 11) is 2.95. The van der Waals surface area contributed by atoms with E-state index in [1.165, 1.54) is 26.4 Å². The second kappa shape index (κ2) is 9.80. The van der Waals surface area contributed by atoms with E-state index in [0.717, 1.165) is 5.56 Å². The van der Waals surface area contributed by atoms with Crippen LogP contribution in [0.3, 0.4) is 0 Å². The minimum absolute atomic E-state index is 0.211. The van der Waals surface area contributed by atoms with Crippen molar-refractivity contribution in [3.05, 3.63) is 70.9 Å². The zero-order chi connectivity index (χ0) is 21.5. The second-order valence-electron chi connectivity index (χ2n) is 6.19. The van der Waals surface area contributed by atoms with Gasteiger partial charge in [0.1, 0.15) is 17.3 Å². The predicted molar refractivity (Wildman–Crippen MR) is 111 cm³/mol. The van der Waals surface area contributed by atoms with Crippen molar-refractivity contribution in [1.82, 2.24) is 9.78 Å². The molecule has 0 saturated heterocycles. The summed E-state index contributed by atoms with van der Waals surface area (Å²) < 4.78 is 16.9. The van der Waals surface area contributed by atoms with Crippen LogP contribution in [0.25, 0.3) is 0 Å². The Kier molecular flexibility index (Phi) is 6.92. The fraction of sp³-hybridized carbons (Fsp3) is 0.190. The van der Waals surface area contributed by atoms with Gasteiger partial charge in [0.05, 0.1) is 32.5 Å². The van der Waals surface area contributed by atoms with E-state index >= 15 is 0 Å². The molecule has 1 N–H and O–H groups in total. The van der Waals surface area contributed by atoms with Crippen molar-refractivity contribution in [3.8, 4) is 11.5 Å². The van der Waals surface area contributed by atoms with Crippen LogP contribution in [0.4, 0.5) is 5.82 Å². The van der Waals surface area contributed by atoms with Gasteiger partial charge in [0, 0.05) is 17.2 Å². The number of nitrogens with one attached hydrogen (secondary N) is 1. The molecule has 0 atom stereocenters. The van der Waals surface area contributed by atoms with E-state index in [1.807, 2.05) is 18.2 Å². The Morgan fingerprint density at radius 2 is 1.77 bits per heavy atom. The van der Waals surface area contributed by atoms with E-state index in [0.29, 0.717) is 28.9 Å². The average Bonchev–Trinajstić information content (AvgIpc) is 3.19. The van der Waals surface area contributed by atoms with Crippen LogP contribution in [0.1, 0.15) is 15.9 Å². The van der Waals surface area contributed by atoms with Crippen molar-refractivity contribution in [2.24, 2.45) is 0 Å². The molecule has 0 spiro atoms. The summed E-state index contributed by atoms with van der Waals surface area (Å²) in [6.45, 7) is -0.0820. The molecule has 30 heavy (non-hydrogen) atoms. The van der Waals surface area contributed by atoms with Gasteiger partial charge in [-0.1, -0.05) is 29.8 Å². The number of amides is 1. The lowest BCUT2D eigenvalue weighted by Crippen LogP contribution is -2.22. The Balaban J connectivity index is 1.60. The first-order valence-corrected chi connectivity index (χ1v) is 9.33. The van der Waals surface area contributed by atoms with E-state index in [4.69, 9.17) is 25.8 Å². The standard InChI is InChI=1S/C21H20ClN3O5/c1-28-16-9-15(10-17(11-16)29-2)21(27)30-13-20(26)24-19-7-8-23-25(19)12-14-5-3-4-6-18(14)22/h3-11H,12-13H2,1-2H3,(H,24,26). The molecule has 0 fully saturated rings. The zero-order valence-corrected chi connectivity index (χ0v) is 17.2. The van der Waals surface area contributed by atoms with Gasteiger partial charge in [0.2, 0.25) is 0 Å². The van der Waals surface area contributed by atoms with Gasteiger partial charge in [-0.05, 0) is 23.8 Å². The molecule has 0 bridgehead atoms. The van der Waals surface area contributed by atoms with E-state index in [1.54, 1.807) is 29.1 Å². The molecule has 9 heteroatoms. The van der Waals surface area contributed by atoms with Gasteiger partial charge in [-0.3, -0.25) is 4.79 Å². The van der Waals surface area contributed by atoms with Gasteiger partial charge < -0.3 is 19.5 Å². The van der Waals surface area contributed by atoms with E-state index < -0.39 is 18.5 Å². The Hall–Kier alpha value is -3.52. The van der Waals surface area contributed by atoms with E-state index in [2.05, 4.69) is 10.4 Å². The fourth-order valence-corrected chi connectivity index (χ4v) is 2.87. The first-order chi connectivity index (χ1) is 14.5. The Bertz CT molecular complexity index is 1030. The summed E-state index contributed by atoms with van der Waals surface area (Å²) in [6.07, 6.45) is 1.56. The summed E-state index contributed by atoms with van der Waals surface area (Å²) >= 11 is 6.18. The number of benzene rings is 2. The monoisotopic (exact) mass is 429 g/mol. The third-order valence-electron chi connectivity index (χ3n) is 4.18. The smallest absolute Gasteiger partial charge is 0.338 e. The maximum atomic E-state index is 12.3. The molecular formula is C21H20ClN3O5. The fourth-order valence-electron chi connectivity index (χ4n) is 2.67. The topological polar surface area (TPSA) is 91.7 Å². The minimum atomic E-state index is -0.674. The van der Waals surface area contributed by atoms with Crippen molar-refractivity contribution in [2.75, 3.05) is 26.1 Å². The van der Waals surface area contributed by atoms with Gasteiger partial charge in [-0.15, -0.1) is 0 Å². The number of esters is 1. The molecule has 3 rings (SSSR count). The lowest BCUT2D eigenvalue weighted by molar-refractivity contribution is -0.119. The summed E-state index contributed by atoms with van der Waals surface area (Å²) in [5, 5.41) is 7.47. The number of halogens is 1. The highest BCUT2D eigenvalue weighted by Gasteiger charge is 2.15. The number of hydrogen-bond donors (Lipinski definition) is 1. The van der Waals surface area contributed by atoms with Gasteiger partial charge in [0.15, 0.2) is 6.61 Å². The Morgan fingerprint density at radius 1 is 1.07 bits per heavy atom. The summed E-state index contributed by atoms with van der Waals surface area (Å²) in [4.78, 5) is 24.5. The third-order valence-corrected chi connectivity index (χ3v) is 4.55. The quantitative estimate of drug-likeness (QED) is 0.552. The average molecular weight is 430 g/mol. The molecule has 8 nitrogen and oxygen atoms in total. The number of aromatic nitrogens is 2. The molecule has 156 valence electrons. The minimum Gasteiger partial charge on any atom is -0.497 e. The molecule has 3 aromatic rings. The number of nitrogens with zero attached hydrogens (tertiary/aromatic N) is 2. The number of carbonyl (C=O) groups is 2. The summed E-state index contributed by atoms with van der Waals surface area (Å²) in [5.74, 6) is 0.161. The molecular weight excluding hydrogens is 410 g/mol. The molecule has 0 saturated carbocycles. The molecule has 1 aromatic heterocycles. The highest BCUT2D eigenvalue weighted by atomic mass is 35.5. The van der Waals surface area contributed by atoms with Crippen LogP contribution in [0.15, 0.2) is 54.7 Å². The van der Waals surface area contributed by atoms with Crippen molar-refractivity contribution < 1.29 is 23.8 Å². The lowest BCUT2D eigenvalue weighted by Gasteiger charge is -2.11. The normalized spacial score (nSPS) is 10.4. The van der Waals surface area contributed by atoms with Crippen LogP contribution in [-0.4, -0.2) is 42.5 Å². The number of ether oxygens (including phenoxy) is 3. The number of hydrogen-bond acceptors (Lipinski definition) is 6. The lowest BCUT2D eigenvalue weighted by atomic mass is 10.2. The molecule has 0 aliphatic rings. The van der Waals surface area contributed by atoms with E-state index in [9.17, 15) is 9.59 Å². The molecule has 0 aliphatic heterocycles. The molecule has 0 radical (unpaired) electrons. The molecule has 1 amide bonds. The second-order valence-corrected chi connectivity index (χ2v) is 6.60. The number of anilines is 1. The SMILES string of the molecule is COc1cc(OC)cc(C(=O)OCC(=O)Nc2ccnn2Cc2ccccc2Cl)c1. The maximum absolute atomic E-state index is 12.3. The van der Waals surface area contributed by atoms with Crippen LogP contribution >= 0.6 is 11.6 Å². The zero-order valence-electron chi connectivity index (χ0n) is 16.4. The van der Waals surface area contributed by atoms with Crippen LogP contribution < -0.4 is 14.8 Å². The number of carbonyl (C=O) groups excluding carboxylic acids is 2. The summed E-state index contributed by atoms with van der Waals surface area (Å²) in [5.41, 5.74) is 1.07. The van der Waals surface area contributed by atoms with E-state index in [-0.39, 0.29) is 5.56 Å². The van der Waals surface area contributed by atoms with Crippen LogP contribution in [0.5, 0.6) is 11.5 Å². The van der Waals surface area contributed by atoms with Gasteiger partial charge in [-0.2, -0.15) is 5.10 Å². The van der Waals surface area contributed by atoms with Crippen molar-refractivity contribution in [1.29, 1.82) is 0 Å². The first-order valence-electron chi connectivity index (χ1n) is 8.95. The molecule has 0 aliphatic carbocycles. The molecule has 1 heterocycles. The van der Waals surface area contributed by atoms with Crippen LogP contribution in [0.2, 0.25) is 5.02 Å². The summed E-state index contributed by atoms with van der Waals surface area (Å²) in [6, 6.07) is 13.6. The third kappa shape index (κ3) is 5.30. The number of rotatable bonds is 8. The molecule has 2 aromatic carbocycles.